The number of benzene rings is 1. The lowest BCUT2D eigenvalue weighted by Gasteiger charge is -2.35. The van der Waals surface area contributed by atoms with Crippen LogP contribution in [0.15, 0.2) is 36.4 Å². The molecule has 0 radical (unpaired) electrons. The van der Waals surface area contributed by atoms with E-state index in [1.165, 1.54) is 5.56 Å². The molecule has 1 heterocycles. The molecule has 0 aromatic heterocycles. The molecule has 1 N–H and O–H groups in total. The Bertz CT molecular complexity index is 591. The second-order valence-electron chi connectivity index (χ2n) is 5.89. The smallest absolute Gasteiger partial charge is 0.328 e. The zero-order valence-electron chi connectivity index (χ0n) is 13.6. The Balaban J connectivity index is 1.94. The molecule has 6 nitrogen and oxygen atoms in total. The molecule has 0 spiro atoms. The average molecular weight is 317 g/mol. The van der Waals surface area contributed by atoms with E-state index in [1.54, 1.807) is 4.90 Å². The third-order valence-electron chi connectivity index (χ3n) is 3.73. The molecule has 2 rings (SSSR count). The third kappa shape index (κ3) is 5.10. The number of carbonyl (C=O) groups is 2. The fourth-order valence-electron chi connectivity index (χ4n) is 2.65. The van der Waals surface area contributed by atoms with Crippen molar-refractivity contribution in [3.8, 4) is 0 Å². The number of amides is 1. The Hall–Kier alpha value is -2.34. The number of rotatable bonds is 5. The van der Waals surface area contributed by atoms with Crippen LogP contribution in [0, 0.1) is 0 Å². The first kappa shape index (κ1) is 17.0. The van der Waals surface area contributed by atoms with E-state index in [9.17, 15) is 9.59 Å². The summed E-state index contributed by atoms with van der Waals surface area (Å²) in [5, 5.41) is 8.57. The van der Waals surface area contributed by atoms with Crippen molar-refractivity contribution >= 4 is 17.6 Å². The van der Waals surface area contributed by atoms with Gasteiger partial charge < -0.3 is 19.8 Å². The topological polar surface area (TPSA) is 64.1 Å². The maximum absolute atomic E-state index is 11.9. The van der Waals surface area contributed by atoms with Crippen molar-refractivity contribution in [1.82, 2.24) is 9.80 Å². The zero-order chi connectivity index (χ0) is 16.8. The first-order valence-electron chi connectivity index (χ1n) is 7.64. The Labute approximate surface area is 136 Å². The van der Waals surface area contributed by atoms with Crippen LogP contribution < -0.4 is 4.90 Å². The molecule has 1 aliphatic heterocycles. The van der Waals surface area contributed by atoms with E-state index in [1.807, 2.05) is 14.1 Å². The molecule has 0 saturated carbocycles. The molecule has 23 heavy (non-hydrogen) atoms. The van der Waals surface area contributed by atoms with Gasteiger partial charge in [0.1, 0.15) is 0 Å². The minimum absolute atomic E-state index is 0.242. The summed E-state index contributed by atoms with van der Waals surface area (Å²) in [6, 6.07) is 8.43. The summed E-state index contributed by atoms with van der Waals surface area (Å²) in [6.07, 6.45) is 2.01. The van der Waals surface area contributed by atoms with E-state index in [2.05, 4.69) is 34.1 Å². The number of carboxylic acid groups (broad SMARTS) is 1. The highest BCUT2D eigenvalue weighted by Crippen LogP contribution is 2.19. The zero-order valence-corrected chi connectivity index (χ0v) is 13.6. The minimum Gasteiger partial charge on any atom is -0.478 e. The van der Waals surface area contributed by atoms with Crippen molar-refractivity contribution < 1.29 is 14.7 Å². The highest BCUT2D eigenvalue weighted by molar-refractivity contribution is 5.94. The van der Waals surface area contributed by atoms with Gasteiger partial charge in [-0.1, -0.05) is 12.1 Å². The number of carbonyl (C=O) groups excluding carboxylic acids is 1. The largest absolute Gasteiger partial charge is 0.478 e. The van der Waals surface area contributed by atoms with Gasteiger partial charge in [-0.05, 0) is 31.8 Å². The summed E-state index contributed by atoms with van der Waals surface area (Å²) < 4.78 is 0. The second kappa shape index (κ2) is 7.78. The molecular weight excluding hydrogens is 294 g/mol. The van der Waals surface area contributed by atoms with E-state index in [0.717, 1.165) is 37.5 Å². The molecular formula is C17H23N3O3. The van der Waals surface area contributed by atoms with Crippen molar-refractivity contribution in [2.45, 2.75) is 6.54 Å². The molecule has 1 aliphatic rings. The number of hydrogen-bond acceptors (Lipinski definition) is 4. The lowest BCUT2D eigenvalue weighted by molar-refractivity contribution is -0.132. The van der Waals surface area contributed by atoms with Crippen LogP contribution in [0.4, 0.5) is 5.69 Å². The van der Waals surface area contributed by atoms with E-state index in [-0.39, 0.29) is 5.91 Å². The first-order chi connectivity index (χ1) is 11.0. The van der Waals surface area contributed by atoms with Crippen molar-refractivity contribution in [2.75, 3.05) is 45.2 Å². The van der Waals surface area contributed by atoms with E-state index < -0.39 is 5.97 Å². The Kier molecular flexibility index (Phi) is 5.76. The molecule has 1 saturated heterocycles. The number of aliphatic carboxylic acids is 1. The van der Waals surface area contributed by atoms with Crippen LogP contribution in [-0.4, -0.2) is 67.1 Å². The molecule has 0 bridgehead atoms. The van der Waals surface area contributed by atoms with Gasteiger partial charge in [-0.15, -0.1) is 0 Å². The fraction of sp³-hybridized carbons (Fsp3) is 0.412. The maximum Gasteiger partial charge on any atom is 0.328 e. The lowest BCUT2D eigenvalue weighted by atomic mass is 10.1. The van der Waals surface area contributed by atoms with Crippen LogP contribution in [-0.2, 0) is 16.1 Å². The van der Waals surface area contributed by atoms with Gasteiger partial charge in [-0.3, -0.25) is 4.79 Å². The van der Waals surface area contributed by atoms with Crippen LogP contribution in [0.3, 0.4) is 0 Å². The Morgan fingerprint density at radius 2 is 1.87 bits per heavy atom. The van der Waals surface area contributed by atoms with Gasteiger partial charge in [0.05, 0.1) is 0 Å². The number of anilines is 1. The summed E-state index contributed by atoms with van der Waals surface area (Å²) in [7, 11) is 4.09. The molecule has 1 aromatic rings. The monoisotopic (exact) mass is 317 g/mol. The number of hydrogen-bond donors (Lipinski definition) is 1. The quantitative estimate of drug-likeness (QED) is 0.822. The summed E-state index contributed by atoms with van der Waals surface area (Å²) in [5.74, 6) is -1.34. The summed E-state index contributed by atoms with van der Waals surface area (Å²) >= 11 is 0. The van der Waals surface area contributed by atoms with E-state index in [4.69, 9.17) is 5.11 Å². The van der Waals surface area contributed by atoms with Gasteiger partial charge in [0, 0.05) is 50.6 Å². The minimum atomic E-state index is -1.10. The molecule has 124 valence electrons. The van der Waals surface area contributed by atoms with Crippen LogP contribution in [0.1, 0.15) is 5.56 Å². The third-order valence-corrected chi connectivity index (χ3v) is 3.73. The average Bonchev–Trinajstić information content (AvgIpc) is 2.52. The van der Waals surface area contributed by atoms with E-state index >= 15 is 0 Å². The standard InChI is InChI=1S/C17H23N3O3/c1-18(2)13-14-4-3-5-15(12-14)19-8-10-20(11-9-19)16(21)6-7-17(22)23/h3-7,12H,8-11,13H2,1-2H3,(H,22,23)/b7-6+. The van der Waals surface area contributed by atoms with E-state index in [0.29, 0.717) is 13.1 Å². The molecule has 1 aromatic carbocycles. The predicted molar refractivity (Wildman–Crippen MR) is 89.4 cm³/mol. The first-order valence-corrected chi connectivity index (χ1v) is 7.64. The van der Waals surface area contributed by atoms with Crippen LogP contribution in [0.5, 0.6) is 0 Å². The van der Waals surface area contributed by atoms with Gasteiger partial charge in [-0.2, -0.15) is 0 Å². The van der Waals surface area contributed by atoms with Gasteiger partial charge in [0.2, 0.25) is 5.91 Å². The van der Waals surface area contributed by atoms with Crippen molar-refractivity contribution in [2.24, 2.45) is 0 Å². The number of carboxylic acids is 1. The normalized spacial score (nSPS) is 15.4. The summed E-state index contributed by atoms with van der Waals surface area (Å²) in [6.45, 7) is 3.59. The van der Waals surface area contributed by atoms with Gasteiger partial charge in [0.15, 0.2) is 0 Å². The number of nitrogens with zero attached hydrogens (tertiary/aromatic N) is 3. The molecule has 1 amide bonds. The van der Waals surface area contributed by atoms with Gasteiger partial charge >= 0.3 is 5.97 Å². The van der Waals surface area contributed by atoms with Crippen LogP contribution >= 0.6 is 0 Å². The highest BCUT2D eigenvalue weighted by atomic mass is 16.4. The van der Waals surface area contributed by atoms with Crippen molar-refractivity contribution in [3.05, 3.63) is 42.0 Å². The molecule has 0 atom stereocenters. The highest BCUT2D eigenvalue weighted by Gasteiger charge is 2.20. The molecule has 1 fully saturated rings. The van der Waals surface area contributed by atoms with Gasteiger partial charge in [0.25, 0.3) is 0 Å². The molecule has 0 unspecified atom stereocenters. The Morgan fingerprint density at radius 3 is 2.48 bits per heavy atom. The lowest BCUT2D eigenvalue weighted by Crippen LogP contribution is -2.48. The SMILES string of the molecule is CN(C)Cc1cccc(N2CCN(C(=O)/C=C/C(=O)O)CC2)c1. The molecule has 6 heteroatoms. The van der Waals surface area contributed by atoms with Crippen LogP contribution in [0.2, 0.25) is 0 Å². The van der Waals surface area contributed by atoms with Crippen LogP contribution in [0.25, 0.3) is 0 Å². The maximum atomic E-state index is 11.9. The molecule has 0 aliphatic carbocycles. The van der Waals surface area contributed by atoms with Gasteiger partial charge in [-0.25, -0.2) is 4.79 Å². The van der Waals surface area contributed by atoms with Crippen molar-refractivity contribution in [3.63, 3.8) is 0 Å². The summed E-state index contributed by atoms with van der Waals surface area (Å²) in [4.78, 5) is 28.4. The second-order valence-corrected chi connectivity index (χ2v) is 5.89. The summed E-state index contributed by atoms with van der Waals surface area (Å²) in [5.41, 5.74) is 2.42. The Morgan fingerprint density at radius 1 is 1.17 bits per heavy atom. The number of piperazine rings is 1. The fourth-order valence-corrected chi connectivity index (χ4v) is 2.65. The predicted octanol–water partition coefficient (Wildman–Crippen LogP) is 1.04. The van der Waals surface area contributed by atoms with Crippen molar-refractivity contribution in [1.29, 1.82) is 0 Å².